The van der Waals surface area contributed by atoms with E-state index in [1.165, 1.54) is 19.3 Å². The van der Waals surface area contributed by atoms with Gasteiger partial charge in [-0.25, -0.2) is 4.79 Å². The average molecular weight is 402 g/mol. The third-order valence-electron chi connectivity index (χ3n) is 9.89. The second-order valence-electron chi connectivity index (χ2n) is 11.1. The summed E-state index contributed by atoms with van der Waals surface area (Å²) in [5.41, 5.74) is 0.267. The van der Waals surface area contributed by atoms with E-state index in [0.717, 1.165) is 44.4 Å². The summed E-state index contributed by atoms with van der Waals surface area (Å²) in [4.78, 5) is 36.4. The van der Waals surface area contributed by atoms with Gasteiger partial charge in [0.2, 0.25) is 5.91 Å². The minimum atomic E-state index is -0.442. The van der Waals surface area contributed by atoms with Gasteiger partial charge in [0.05, 0.1) is 0 Å². The summed E-state index contributed by atoms with van der Waals surface area (Å²) in [6, 6.07) is -0.442. The number of hydrogen-bond donors (Lipinski definition) is 1. The summed E-state index contributed by atoms with van der Waals surface area (Å²) < 4.78 is 5.85. The van der Waals surface area contributed by atoms with Crippen molar-refractivity contribution in [3.63, 3.8) is 0 Å². The Morgan fingerprint density at radius 2 is 1.79 bits per heavy atom. The quantitative estimate of drug-likeness (QED) is 0.715. The van der Waals surface area contributed by atoms with Gasteiger partial charge in [0.25, 0.3) is 0 Å². The van der Waals surface area contributed by atoms with E-state index in [0.29, 0.717) is 41.8 Å². The van der Waals surface area contributed by atoms with Crippen molar-refractivity contribution in [1.29, 1.82) is 0 Å². The smallest absolute Gasteiger partial charge is 0.328 e. The fraction of sp³-hybridized carbons (Fsp3) is 0.875. The normalized spacial score (nSPS) is 49.0. The van der Waals surface area contributed by atoms with Gasteiger partial charge in [-0.2, -0.15) is 0 Å². The zero-order valence-electron chi connectivity index (χ0n) is 17.9. The largest absolute Gasteiger partial charge is 0.461 e. The van der Waals surface area contributed by atoms with Gasteiger partial charge in [-0.3, -0.25) is 9.59 Å². The number of carbonyl (C=O) groups excluding carboxylic acids is 3. The Hall–Kier alpha value is -1.39. The number of ketones is 1. The van der Waals surface area contributed by atoms with Crippen LogP contribution >= 0.6 is 0 Å². The summed E-state index contributed by atoms with van der Waals surface area (Å²) in [5, 5.41) is 2.73. The zero-order chi connectivity index (χ0) is 20.4. The molecule has 5 rings (SSSR count). The molecule has 0 aromatic heterocycles. The van der Waals surface area contributed by atoms with Crippen molar-refractivity contribution in [2.75, 3.05) is 0 Å². The molecule has 29 heavy (non-hydrogen) atoms. The molecule has 0 aromatic rings. The van der Waals surface area contributed by atoms with Gasteiger partial charge in [-0.15, -0.1) is 0 Å². The fourth-order valence-corrected chi connectivity index (χ4v) is 8.13. The van der Waals surface area contributed by atoms with Crippen LogP contribution in [0.25, 0.3) is 0 Å². The first-order valence-corrected chi connectivity index (χ1v) is 11.8. The molecule has 4 saturated carbocycles. The van der Waals surface area contributed by atoms with Gasteiger partial charge >= 0.3 is 5.97 Å². The molecule has 5 aliphatic rings. The molecule has 5 heteroatoms. The Labute approximate surface area is 173 Å². The second-order valence-corrected chi connectivity index (χ2v) is 11.1. The fourth-order valence-electron chi connectivity index (χ4n) is 8.13. The van der Waals surface area contributed by atoms with Crippen LogP contribution in [0.2, 0.25) is 0 Å². The number of hydrogen-bond acceptors (Lipinski definition) is 4. The summed E-state index contributed by atoms with van der Waals surface area (Å²) in [7, 11) is 0. The summed E-state index contributed by atoms with van der Waals surface area (Å²) >= 11 is 0. The molecule has 1 amide bonds. The summed E-state index contributed by atoms with van der Waals surface area (Å²) in [6.07, 6.45) is 10.6. The minimum Gasteiger partial charge on any atom is -0.461 e. The molecule has 8 atom stereocenters. The standard InChI is InChI=1S/C24H35NO4/c1-23-11-9-15(29-22(28)19-6-8-21(27)25-19)13-14(23)3-4-16-17-5-7-20(26)24(17,2)12-10-18(16)23/h14-19H,3-13H2,1-2H3,(H,25,27)/t14-,15-,16+,17+,18+,19?,23+,24+/m1/s1. The Morgan fingerprint density at radius 3 is 2.55 bits per heavy atom. The van der Waals surface area contributed by atoms with E-state index >= 15 is 0 Å². The molecule has 0 bridgehead atoms. The van der Waals surface area contributed by atoms with E-state index in [2.05, 4.69) is 19.2 Å². The molecule has 0 radical (unpaired) electrons. The molecule has 160 valence electrons. The minimum absolute atomic E-state index is 0.00320. The highest BCUT2D eigenvalue weighted by molar-refractivity contribution is 5.88. The van der Waals surface area contributed by atoms with Crippen LogP contribution in [0.1, 0.15) is 84.5 Å². The first-order valence-electron chi connectivity index (χ1n) is 11.8. The lowest BCUT2D eigenvalue weighted by Gasteiger charge is -2.60. The predicted molar refractivity (Wildman–Crippen MR) is 108 cm³/mol. The highest BCUT2D eigenvalue weighted by Gasteiger charge is 2.60. The van der Waals surface area contributed by atoms with Crippen molar-refractivity contribution < 1.29 is 19.1 Å². The van der Waals surface area contributed by atoms with Crippen LogP contribution in [0.15, 0.2) is 0 Å². The van der Waals surface area contributed by atoms with Crippen LogP contribution in [0.5, 0.6) is 0 Å². The molecule has 1 unspecified atom stereocenters. The second kappa shape index (κ2) is 6.81. The molecule has 5 nitrogen and oxygen atoms in total. The highest BCUT2D eigenvalue weighted by atomic mass is 16.5. The maximum Gasteiger partial charge on any atom is 0.328 e. The van der Waals surface area contributed by atoms with E-state index in [4.69, 9.17) is 4.74 Å². The number of nitrogens with one attached hydrogen (secondary N) is 1. The Kier molecular flexibility index (Phi) is 4.60. The zero-order valence-corrected chi connectivity index (χ0v) is 17.9. The van der Waals surface area contributed by atoms with E-state index < -0.39 is 6.04 Å². The van der Waals surface area contributed by atoms with Crippen molar-refractivity contribution in [1.82, 2.24) is 5.32 Å². The van der Waals surface area contributed by atoms with Crippen LogP contribution in [0.3, 0.4) is 0 Å². The van der Waals surface area contributed by atoms with Gasteiger partial charge in [0, 0.05) is 18.3 Å². The van der Waals surface area contributed by atoms with E-state index in [1.54, 1.807) is 0 Å². The number of Topliss-reactive ketones (excluding diaryl/α,β-unsaturated/α-hetero) is 1. The van der Waals surface area contributed by atoms with E-state index in [-0.39, 0.29) is 23.4 Å². The summed E-state index contributed by atoms with van der Waals surface area (Å²) in [6.45, 7) is 4.74. The van der Waals surface area contributed by atoms with Gasteiger partial charge in [-0.1, -0.05) is 13.8 Å². The summed E-state index contributed by atoms with van der Waals surface area (Å²) in [5.74, 6) is 2.85. The number of carbonyl (C=O) groups is 3. The third-order valence-corrected chi connectivity index (χ3v) is 9.89. The molecule has 1 N–H and O–H groups in total. The van der Waals surface area contributed by atoms with Crippen molar-refractivity contribution >= 4 is 17.7 Å². The maximum absolute atomic E-state index is 12.6. The molecule has 1 saturated heterocycles. The number of ether oxygens (including phenoxy) is 1. The van der Waals surface area contributed by atoms with Crippen LogP contribution in [-0.2, 0) is 19.1 Å². The molecule has 0 aromatic carbocycles. The van der Waals surface area contributed by atoms with Crippen molar-refractivity contribution in [2.24, 2.45) is 34.5 Å². The van der Waals surface area contributed by atoms with Crippen LogP contribution in [0.4, 0.5) is 0 Å². The van der Waals surface area contributed by atoms with Crippen LogP contribution < -0.4 is 5.32 Å². The average Bonchev–Trinajstić information content (AvgIpc) is 3.25. The number of esters is 1. The number of amides is 1. The van der Waals surface area contributed by atoms with Gasteiger partial charge < -0.3 is 10.1 Å². The maximum atomic E-state index is 12.6. The Bertz CT molecular complexity index is 734. The first-order chi connectivity index (χ1) is 13.8. The monoisotopic (exact) mass is 401 g/mol. The molecule has 4 aliphatic carbocycles. The number of fused-ring (bicyclic) bond motifs is 5. The molecule has 1 heterocycles. The lowest BCUT2D eigenvalue weighted by Crippen LogP contribution is -2.54. The molecule has 0 spiro atoms. The highest BCUT2D eigenvalue weighted by Crippen LogP contribution is 2.65. The van der Waals surface area contributed by atoms with Crippen LogP contribution in [0, 0.1) is 34.5 Å². The third kappa shape index (κ3) is 2.97. The lowest BCUT2D eigenvalue weighted by molar-refractivity contribution is -0.164. The van der Waals surface area contributed by atoms with Crippen molar-refractivity contribution in [2.45, 2.75) is 96.6 Å². The van der Waals surface area contributed by atoms with Gasteiger partial charge in [0.1, 0.15) is 17.9 Å². The van der Waals surface area contributed by atoms with Crippen molar-refractivity contribution in [3.8, 4) is 0 Å². The van der Waals surface area contributed by atoms with Crippen LogP contribution in [-0.4, -0.2) is 29.8 Å². The topological polar surface area (TPSA) is 72.5 Å². The molecular weight excluding hydrogens is 366 g/mol. The molecule has 5 fully saturated rings. The first kappa shape index (κ1) is 19.6. The molecule has 1 aliphatic heterocycles. The van der Waals surface area contributed by atoms with Gasteiger partial charge in [-0.05, 0) is 86.9 Å². The molecular formula is C24H35NO4. The SMILES string of the molecule is C[C@]12CC[C@@H](OC(=O)C3CCC(=O)N3)C[C@H]1CC[C@@H]1[C@@H]2CC[C@]2(C)C(=O)CC[C@@H]12. The number of rotatable bonds is 2. The van der Waals surface area contributed by atoms with E-state index in [9.17, 15) is 14.4 Å². The Morgan fingerprint density at radius 1 is 0.966 bits per heavy atom. The van der Waals surface area contributed by atoms with E-state index in [1.807, 2.05) is 0 Å². The lowest BCUT2D eigenvalue weighted by atomic mass is 9.45. The predicted octanol–water partition coefficient (Wildman–Crippen LogP) is 3.79. The Balaban J connectivity index is 1.26. The van der Waals surface area contributed by atoms with Crippen molar-refractivity contribution in [3.05, 3.63) is 0 Å². The van der Waals surface area contributed by atoms with Gasteiger partial charge in [0.15, 0.2) is 0 Å².